The largest absolute Gasteiger partial charge is 0.494 e. The minimum atomic E-state index is -1.37. The zero-order valence-electron chi connectivity index (χ0n) is 20.0. The molecule has 36 heavy (non-hydrogen) atoms. The number of aliphatic hydroxyl groups is 4. The van der Waals surface area contributed by atoms with Gasteiger partial charge in [0.15, 0.2) is 0 Å². The molecule has 0 bridgehead atoms. The maximum absolute atomic E-state index is 10.8. The Balaban J connectivity index is 1.51. The van der Waals surface area contributed by atoms with Gasteiger partial charge in [0.2, 0.25) is 0 Å². The average Bonchev–Trinajstić information content (AvgIpc) is 2.90. The maximum Gasteiger partial charge on any atom is 0.119 e. The normalized spacial score (nSPS) is 24.0. The quantitative estimate of drug-likeness (QED) is 0.309. The summed E-state index contributed by atoms with van der Waals surface area (Å²) in [6.07, 6.45) is -4.91. The van der Waals surface area contributed by atoms with Crippen molar-refractivity contribution in [2.45, 2.75) is 55.4 Å². The van der Waals surface area contributed by atoms with Gasteiger partial charge in [0, 0.05) is 15.7 Å². The van der Waals surface area contributed by atoms with E-state index in [4.69, 9.17) is 21.1 Å². The molecule has 0 spiro atoms. The molecule has 1 aliphatic heterocycles. The van der Waals surface area contributed by atoms with E-state index in [1.165, 1.54) is 11.8 Å². The first-order chi connectivity index (χ1) is 17.4. The van der Waals surface area contributed by atoms with Crippen LogP contribution in [0.4, 0.5) is 0 Å². The van der Waals surface area contributed by atoms with E-state index in [-0.39, 0.29) is 6.61 Å². The van der Waals surface area contributed by atoms with Gasteiger partial charge in [-0.1, -0.05) is 54.1 Å². The molecule has 8 heteroatoms. The first-order valence-corrected chi connectivity index (χ1v) is 13.3. The Labute approximate surface area is 220 Å². The van der Waals surface area contributed by atoms with Crippen LogP contribution in [0.2, 0.25) is 5.02 Å². The van der Waals surface area contributed by atoms with Crippen molar-refractivity contribution in [1.82, 2.24) is 0 Å². The second-order valence-electron chi connectivity index (χ2n) is 8.75. The lowest BCUT2D eigenvalue weighted by molar-refractivity contribution is -0.218. The van der Waals surface area contributed by atoms with E-state index >= 15 is 0 Å². The zero-order chi connectivity index (χ0) is 25.7. The zero-order valence-corrected chi connectivity index (χ0v) is 21.5. The van der Waals surface area contributed by atoms with Crippen LogP contribution in [0.5, 0.6) is 5.75 Å². The molecule has 3 aromatic carbocycles. The minimum Gasteiger partial charge on any atom is -0.494 e. The molecule has 5 atom stereocenters. The second kappa shape index (κ2) is 12.4. The van der Waals surface area contributed by atoms with Gasteiger partial charge in [-0.25, -0.2) is 0 Å². The van der Waals surface area contributed by atoms with Crippen LogP contribution in [0.15, 0.2) is 71.6 Å². The van der Waals surface area contributed by atoms with Crippen LogP contribution in [0.3, 0.4) is 0 Å². The van der Waals surface area contributed by atoms with Crippen LogP contribution in [0.25, 0.3) is 0 Å². The summed E-state index contributed by atoms with van der Waals surface area (Å²) in [5.41, 5.74) is 3.36. The van der Waals surface area contributed by atoms with Crippen molar-refractivity contribution >= 4 is 23.4 Å². The molecule has 0 amide bonds. The lowest BCUT2D eigenvalue weighted by Crippen LogP contribution is -2.54. The fourth-order valence-corrected chi connectivity index (χ4v) is 5.61. The van der Waals surface area contributed by atoms with E-state index in [2.05, 4.69) is 0 Å². The topological polar surface area (TPSA) is 99.4 Å². The molecule has 0 radical (unpaired) electrons. The highest BCUT2D eigenvalue weighted by molar-refractivity contribution is 7.99. The Bertz CT molecular complexity index is 1140. The number of aliphatic hydroxyl groups excluding tert-OH is 4. The first-order valence-electron chi connectivity index (χ1n) is 11.9. The summed E-state index contributed by atoms with van der Waals surface area (Å²) in [5, 5.41) is 42.1. The average molecular weight is 531 g/mol. The molecular weight excluding hydrogens is 500 g/mol. The molecule has 0 aromatic heterocycles. The Morgan fingerprint density at radius 3 is 2.39 bits per heavy atom. The summed E-state index contributed by atoms with van der Waals surface area (Å²) >= 11 is 7.91. The van der Waals surface area contributed by atoms with E-state index in [0.29, 0.717) is 29.4 Å². The van der Waals surface area contributed by atoms with Gasteiger partial charge in [-0.05, 0) is 59.9 Å². The number of rotatable bonds is 9. The van der Waals surface area contributed by atoms with Crippen LogP contribution < -0.4 is 4.74 Å². The fourth-order valence-electron chi connectivity index (χ4n) is 4.31. The van der Waals surface area contributed by atoms with Gasteiger partial charge in [-0.15, -0.1) is 11.8 Å². The third kappa shape index (κ3) is 6.23. The highest BCUT2D eigenvalue weighted by atomic mass is 35.5. The first kappa shape index (κ1) is 26.9. The van der Waals surface area contributed by atoms with E-state index in [0.717, 1.165) is 27.3 Å². The summed E-state index contributed by atoms with van der Waals surface area (Å²) < 4.78 is 11.7. The van der Waals surface area contributed by atoms with Crippen molar-refractivity contribution in [2.75, 3.05) is 12.4 Å². The molecule has 5 unspecified atom stereocenters. The highest BCUT2D eigenvalue weighted by Gasteiger charge is 2.44. The molecule has 1 fully saturated rings. The molecule has 192 valence electrons. The van der Waals surface area contributed by atoms with Crippen molar-refractivity contribution in [1.29, 1.82) is 0 Å². The molecule has 1 heterocycles. The van der Waals surface area contributed by atoms with Crippen LogP contribution in [-0.4, -0.2) is 57.2 Å². The molecule has 6 nitrogen and oxygen atoms in total. The molecule has 0 aliphatic carbocycles. The van der Waals surface area contributed by atoms with Gasteiger partial charge >= 0.3 is 0 Å². The Hall–Kier alpha value is -2.10. The molecule has 4 N–H and O–H groups in total. The molecular formula is C28H31ClO6S. The number of benzene rings is 3. The SMILES string of the molecule is CCOc1ccc(Cc2cc(C3OC(CSc4ccccc4CO)C(O)C(O)C3O)ccc2Cl)cc1. The van der Waals surface area contributed by atoms with Crippen molar-refractivity contribution in [3.8, 4) is 5.75 Å². The van der Waals surface area contributed by atoms with Gasteiger partial charge in [-0.2, -0.15) is 0 Å². The van der Waals surface area contributed by atoms with Gasteiger partial charge in [-0.3, -0.25) is 0 Å². The molecule has 1 saturated heterocycles. The van der Waals surface area contributed by atoms with E-state index in [9.17, 15) is 20.4 Å². The van der Waals surface area contributed by atoms with Crippen molar-refractivity contribution in [3.05, 3.63) is 94.0 Å². The highest BCUT2D eigenvalue weighted by Crippen LogP contribution is 2.36. The minimum absolute atomic E-state index is 0.0941. The van der Waals surface area contributed by atoms with Crippen molar-refractivity contribution in [2.24, 2.45) is 0 Å². The number of hydrogen-bond donors (Lipinski definition) is 4. The summed E-state index contributed by atoms with van der Waals surface area (Å²) in [7, 11) is 0. The predicted octanol–water partition coefficient (Wildman–Crippen LogP) is 4.14. The molecule has 1 aliphatic rings. The Kier molecular flexibility index (Phi) is 9.30. The predicted molar refractivity (Wildman–Crippen MR) is 141 cm³/mol. The molecule has 0 saturated carbocycles. The van der Waals surface area contributed by atoms with Crippen molar-refractivity contribution < 1.29 is 29.9 Å². The van der Waals surface area contributed by atoms with Crippen molar-refractivity contribution in [3.63, 3.8) is 0 Å². The smallest absolute Gasteiger partial charge is 0.119 e. The van der Waals surface area contributed by atoms with Crippen LogP contribution in [0.1, 0.15) is 35.3 Å². The van der Waals surface area contributed by atoms with Gasteiger partial charge in [0.1, 0.15) is 30.2 Å². The van der Waals surface area contributed by atoms with E-state index < -0.39 is 30.5 Å². The Morgan fingerprint density at radius 2 is 1.67 bits per heavy atom. The molecule has 3 aromatic rings. The summed E-state index contributed by atoms with van der Waals surface area (Å²) in [5.74, 6) is 1.14. The van der Waals surface area contributed by atoms with Crippen LogP contribution in [-0.2, 0) is 17.8 Å². The maximum atomic E-state index is 10.8. The van der Waals surface area contributed by atoms with E-state index in [1.807, 2.05) is 61.5 Å². The van der Waals surface area contributed by atoms with Gasteiger partial charge < -0.3 is 29.9 Å². The lowest BCUT2D eigenvalue weighted by atomic mass is 9.90. The van der Waals surface area contributed by atoms with E-state index in [1.54, 1.807) is 12.1 Å². The van der Waals surface area contributed by atoms with Crippen LogP contribution >= 0.6 is 23.4 Å². The number of hydrogen-bond acceptors (Lipinski definition) is 7. The summed E-state index contributed by atoms with van der Waals surface area (Å²) in [6, 6.07) is 20.7. The molecule has 4 rings (SSSR count). The monoisotopic (exact) mass is 530 g/mol. The fraction of sp³-hybridized carbons (Fsp3) is 0.357. The number of thioether (sulfide) groups is 1. The van der Waals surface area contributed by atoms with Gasteiger partial charge in [0.25, 0.3) is 0 Å². The summed E-state index contributed by atoms with van der Waals surface area (Å²) in [4.78, 5) is 0.872. The van der Waals surface area contributed by atoms with Gasteiger partial charge in [0.05, 0.1) is 19.3 Å². The number of ether oxygens (including phenoxy) is 2. The van der Waals surface area contributed by atoms with Crippen LogP contribution in [0, 0.1) is 0 Å². The second-order valence-corrected chi connectivity index (χ2v) is 10.2. The Morgan fingerprint density at radius 1 is 0.917 bits per heavy atom. The third-order valence-electron chi connectivity index (χ3n) is 6.29. The third-order valence-corrected chi connectivity index (χ3v) is 7.86. The number of halogens is 1. The lowest BCUT2D eigenvalue weighted by Gasteiger charge is -2.41. The standard InChI is InChI=1S/C28H31ClO6S/c1-2-34-21-10-7-17(8-11-21)13-20-14-18(9-12-22(20)29)28-27(33)26(32)25(31)23(35-28)16-36-24-6-4-3-5-19(24)15-30/h3-12,14,23,25-28,30-33H,2,13,15-16H2,1H3. The summed E-state index contributed by atoms with van der Waals surface area (Å²) in [6.45, 7) is 2.45.